The highest BCUT2D eigenvalue weighted by atomic mass is 35.5. The number of anilines is 1. The second-order valence-corrected chi connectivity index (χ2v) is 7.32. The molecule has 1 fully saturated rings. The lowest BCUT2D eigenvalue weighted by Gasteiger charge is -2.39. The van der Waals surface area contributed by atoms with Gasteiger partial charge < -0.3 is 9.80 Å². The lowest BCUT2D eigenvalue weighted by molar-refractivity contribution is -0.136. The van der Waals surface area contributed by atoms with E-state index in [9.17, 15) is 9.18 Å². The zero-order valence-corrected chi connectivity index (χ0v) is 15.3. The Labute approximate surface area is 153 Å². The molecule has 1 heterocycles. The van der Waals surface area contributed by atoms with Crippen molar-refractivity contribution >= 4 is 23.2 Å². The summed E-state index contributed by atoms with van der Waals surface area (Å²) in [6, 6.07) is 14.0. The van der Waals surface area contributed by atoms with E-state index >= 15 is 0 Å². The van der Waals surface area contributed by atoms with Gasteiger partial charge in [0, 0.05) is 36.9 Å². The third-order valence-electron chi connectivity index (χ3n) is 4.86. The average Bonchev–Trinajstić information content (AvgIpc) is 2.62. The summed E-state index contributed by atoms with van der Waals surface area (Å²) in [6.45, 7) is 6.71. The molecule has 0 spiro atoms. The summed E-state index contributed by atoms with van der Waals surface area (Å²) in [7, 11) is 0. The molecule has 1 aliphatic heterocycles. The van der Waals surface area contributed by atoms with Gasteiger partial charge in [0.05, 0.1) is 5.41 Å². The van der Waals surface area contributed by atoms with E-state index in [-0.39, 0.29) is 11.7 Å². The zero-order chi connectivity index (χ0) is 18.0. The summed E-state index contributed by atoms with van der Waals surface area (Å²) in [5, 5.41) is 0.667. The van der Waals surface area contributed by atoms with Crippen molar-refractivity contribution in [2.75, 3.05) is 31.1 Å². The molecule has 0 aromatic heterocycles. The number of rotatable bonds is 3. The van der Waals surface area contributed by atoms with E-state index in [1.165, 1.54) is 12.1 Å². The van der Waals surface area contributed by atoms with Crippen molar-refractivity contribution in [2.24, 2.45) is 0 Å². The molecule has 0 N–H and O–H groups in total. The number of piperazine rings is 1. The van der Waals surface area contributed by atoms with Crippen molar-refractivity contribution in [2.45, 2.75) is 19.3 Å². The van der Waals surface area contributed by atoms with Gasteiger partial charge in [-0.1, -0.05) is 23.7 Å². The Hall–Kier alpha value is -2.07. The molecule has 0 unspecified atom stereocenters. The van der Waals surface area contributed by atoms with Gasteiger partial charge >= 0.3 is 0 Å². The normalized spacial score (nSPS) is 15.4. The van der Waals surface area contributed by atoms with Gasteiger partial charge in [0.1, 0.15) is 5.82 Å². The van der Waals surface area contributed by atoms with Crippen LogP contribution in [0.15, 0.2) is 48.5 Å². The first-order chi connectivity index (χ1) is 11.9. The van der Waals surface area contributed by atoms with Crippen molar-refractivity contribution < 1.29 is 9.18 Å². The molecule has 1 aliphatic rings. The summed E-state index contributed by atoms with van der Waals surface area (Å²) < 4.78 is 13.1. The average molecular weight is 361 g/mol. The van der Waals surface area contributed by atoms with Crippen LogP contribution in [0.2, 0.25) is 5.02 Å². The number of hydrogen-bond donors (Lipinski definition) is 0. The van der Waals surface area contributed by atoms with E-state index in [1.807, 2.05) is 43.0 Å². The van der Waals surface area contributed by atoms with Crippen LogP contribution in [0.4, 0.5) is 10.1 Å². The molecule has 0 saturated carbocycles. The molecule has 2 aromatic carbocycles. The first kappa shape index (κ1) is 17.7. The third-order valence-corrected chi connectivity index (χ3v) is 5.11. The minimum atomic E-state index is -0.595. The van der Waals surface area contributed by atoms with Crippen molar-refractivity contribution in [1.82, 2.24) is 4.90 Å². The van der Waals surface area contributed by atoms with Crippen molar-refractivity contribution in [3.05, 3.63) is 64.9 Å². The van der Waals surface area contributed by atoms with E-state index in [4.69, 9.17) is 11.6 Å². The number of carbonyl (C=O) groups is 1. The molecular weight excluding hydrogens is 339 g/mol. The first-order valence-electron chi connectivity index (χ1n) is 8.44. The van der Waals surface area contributed by atoms with Crippen LogP contribution >= 0.6 is 11.6 Å². The standard InChI is InChI=1S/C20H22ClFN2O/c1-20(2,15-3-5-16(21)6-4-15)19(25)24-13-11-23(12-14-24)18-9-7-17(22)8-10-18/h3-10H,11-14H2,1-2H3. The molecule has 0 aliphatic carbocycles. The predicted molar refractivity (Wildman–Crippen MR) is 99.7 cm³/mol. The fourth-order valence-electron chi connectivity index (χ4n) is 3.20. The van der Waals surface area contributed by atoms with Crippen LogP contribution in [0.25, 0.3) is 0 Å². The molecule has 3 rings (SSSR count). The summed E-state index contributed by atoms with van der Waals surface area (Å²) in [5.41, 5.74) is 1.36. The van der Waals surface area contributed by atoms with E-state index in [1.54, 1.807) is 12.1 Å². The van der Waals surface area contributed by atoms with Gasteiger partial charge in [-0.3, -0.25) is 4.79 Å². The van der Waals surface area contributed by atoms with Crippen LogP contribution in [0.5, 0.6) is 0 Å². The molecule has 5 heteroatoms. The maximum Gasteiger partial charge on any atom is 0.232 e. The minimum absolute atomic E-state index is 0.119. The van der Waals surface area contributed by atoms with Crippen LogP contribution < -0.4 is 4.90 Å². The van der Waals surface area contributed by atoms with Crippen LogP contribution in [0, 0.1) is 5.82 Å². The smallest absolute Gasteiger partial charge is 0.232 e. The molecule has 0 atom stereocenters. The zero-order valence-electron chi connectivity index (χ0n) is 14.5. The molecule has 25 heavy (non-hydrogen) atoms. The molecule has 1 amide bonds. The van der Waals surface area contributed by atoms with Crippen molar-refractivity contribution in [3.63, 3.8) is 0 Å². The van der Waals surface area contributed by atoms with E-state index in [2.05, 4.69) is 4.90 Å². The molecule has 0 bridgehead atoms. The van der Waals surface area contributed by atoms with Gasteiger partial charge in [0.25, 0.3) is 0 Å². The molecule has 2 aromatic rings. The Balaban J connectivity index is 1.66. The van der Waals surface area contributed by atoms with Crippen LogP contribution in [-0.2, 0) is 10.2 Å². The van der Waals surface area contributed by atoms with Crippen LogP contribution in [0.3, 0.4) is 0 Å². The fourth-order valence-corrected chi connectivity index (χ4v) is 3.33. The Morgan fingerprint density at radius 2 is 1.52 bits per heavy atom. The largest absolute Gasteiger partial charge is 0.368 e. The van der Waals surface area contributed by atoms with Gasteiger partial charge in [-0.05, 0) is 55.8 Å². The second-order valence-electron chi connectivity index (χ2n) is 6.89. The van der Waals surface area contributed by atoms with Gasteiger partial charge in [-0.15, -0.1) is 0 Å². The molecule has 0 radical (unpaired) electrons. The minimum Gasteiger partial charge on any atom is -0.368 e. The Morgan fingerprint density at radius 1 is 0.960 bits per heavy atom. The lowest BCUT2D eigenvalue weighted by Crippen LogP contribution is -2.53. The molecule has 1 saturated heterocycles. The molecule has 132 valence electrons. The van der Waals surface area contributed by atoms with Crippen molar-refractivity contribution in [1.29, 1.82) is 0 Å². The number of halogens is 2. The van der Waals surface area contributed by atoms with Gasteiger partial charge in [-0.25, -0.2) is 4.39 Å². The highest BCUT2D eigenvalue weighted by Gasteiger charge is 2.35. The summed E-state index contributed by atoms with van der Waals surface area (Å²) >= 11 is 5.95. The maximum atomic E-state index is 13.1. The number of carbonyl (C=O) groups excluding carboxylic acids is 1. The van der Waals surface area contributed by atoms with E-state index in [0.717, 1.165) is 24.3 Å². The second kappa shape index (κ2) is 7.04. The monoisotopic (exact) mass is 360 g/mol. The quantitative estimate of drug-likeness (QED) is 0.822. The SMILES string of the molecule is CC(C)(C(=O)N1CCN(c2ccc(F)cc2)CC1)c1ccc(Cl)cc1. The van der Waals surface area contributed by atoms with Gasteiger partial charge in [-0.2, -0.15) is 0 Å². The number of amides is 1. The summed E-state index contributed by atoms with van der Waals surface area (Å²) in [4.78, 5) is 17.1. The first-order valence-corrected chi connectivity index (χ1v) is 8.81. The van der Waals surface area contributed by atoms with Crippen molar-refractivity contribution in [3.8, 4) is 0 Å². The summed E-state index contributed by atoms with van der Waals surface area (Å²) in [6.07, 6.45) is 0. The fraction of sp³-hybridized carbons (Fsp3) is 0.350. The Bertz CT molecular complexity index is 735. The van der Waals surface area contributed by atoms with E-state index in [0.29, 0.717) is 18.1 Å². The molecule has 3 nitrogen and oxygen atoms in total. The number of benzene rings is 2. The van der Waals surface area contributed by atoms with Gasteiger partial charge in [0.2, 0.25) is 5.91 Å². The van der Waals surface area contributed by atoms with E-state index < -0.39 is 5.41 Å². The summed E-state index contributed by atoms with van der Waals surface area (Å²) in [5.74, 6) is -0.115. The maximum absolute atomic E-state index is 13.1. The molecular formula is C20H22ClFN2O. The highest BCUT2D eigenvalue weighted by molar-refractivity contribution is 6.30. The number of hydrogen-bond acceptors (Lipinski definition) is 2. The van der Waals surface area contributed by atoms with Crippen LogP contribution in [0.1, 0.15) is 19.4 Å². The highest BCUT2D eigenvalue weighted by Crippen LogP contribution is 2.28. The lowest BCUT2D eigenvalue weighted by atomic mass is 9.83. The number of nitrogens with zero attached hydrogens (tertiary/aromatic N) is 2. The predicted octanol–water partition coefficient (Wildman–Crippen LogP) is 4.11. The van der Waals surface area contributed by atoms with Gasteiger partial charge in [0.15, 0.2) is 0 Å². The Kier molecular flexibility index (Phi) is 5.00. The van der Waals surface area contributed by atoms with Crippen LogP contribution in [-0.4, -0.2) is 37.0 Å². The third kappa shape index (κ3) is 3.79. The topological polar surface area (TPSA) is 23.6 Å². The Morgan fingerprint density at radius 3 is 2.08 bits per heavy atom.